The second-order valence-electron chi connectivity index (χ2n) is 11.6. The zero-order valence-corrected chi connectivity index (χ0v) is 24.1. The largest absolute Gasteiger partial charge is 0.497 e. The Bertz CT molecular complexity index is 1400. The van der Waals surface area contributed by atoms with Crippen LogP contribution in [0.4, 0.5) is 5.69 Å². The number of esters is 1. The molecule has 6 rings (SSSR count). The zero-order chi connectivity index (χ0) is 28.4. The van der Waals surface area contributed by atoms with Crippen molar-refractivity contribution in [2.24, 2.45) is 5.41 Å². The Balaban J connectivity index is 1.54. The fraction of sp³-hybridized carbons (Fsp3) is 0.484. The number of likely N-dealkylation sites (N-methyl/N-ethyl adjacent to an activating group) is 1. The van der Waals surface area contributed by atoms with Crippen LogP contribution in [0.3, 0.4) is 0 Å². The highest BCUT2D eigenvalue weighted by atomic mass is 35.5. The Morgan fingerprint density at radius 1 is 1.20 bits per heavy atom. The molecule has 1 saturated carbocycles. The molecule has 9 heteroatoms. The maximum atomic E-state index is 13.3. The van der Waals surface area contributed by atoms with Gasteiger partial charge in [-0.2, -0.15) is 0 Å². The molecule has 2 aromatic carbocycles. The lowest BCUT2D eigenvalue weighted by molar-refractivity contribution is -0.216. The van der Waals surface area contributed by atoms with Crippen LogP contribution in [0, 0.1) is 5.41 Å². The van der Waals surface area contributed by atoms with Crippen molar-refractivity contribution in [1.82, 2.24) is 10.2 Å². The maximum absolute atomic E-state index is 13.3. The summed E-state index contributed by atoms with van der Waals surface area (Å²) < 4.78 is 11.7. The molecule has 1 saturated heterocycles. The van der Waals surface area contributed by atoms with Crippen molar-refractivity contribution in [3.05, 3.63) is 70.8 Å². The van der Waals surface area contributed by atoms with E-state index in [0.717, 1.165) is 36.5 Å². The van der Waals surface area contributed by atoms with Gasteiger partial charge in [0.2, 0.25) is 0 Å². The average Bonchev–Trinajstić information content (AvgIpc) is 3.46. The molecule has 1 aliphatic carbocycles. The van der Waals surface area contributed by atoms with E-state index in [1.165, 1.54) is 6.92 Å². The molecule has 8 nitrogen and oxygen atoms in total. The van der Waals surface area contributed by atoms with Gasteiger partial charge >= 0.3 is 5.97 Å². The number of hydrogen-bond donors (Lipinski definition) is 2. The topological polar surface area (TPSA) is 91.3 Å². The summed E-state index contributed by atoms with van der Waals surface area (Å²) in [4.78, 5) is 30.6. The number of carbonyl (C=O) groups excluding carboxylic acids is 2. The van der Waals surface area contributed by atoms with Crippen LogP contribution in [-0.4, -0.2) is 79.5 Å². The van der Waals surface area contributed by atoms with Crippen molar-refractivity contribution in [3.63, 3.8) is 0 Å². The molecule has 1 amide bonds. The van der Waals surface area contributed by atoms with Crippen LogP contribution < -0.4 is 15.0 Å². The van der Waals surface area contributed by atoms with Gasteiger partial charge in [0.1, 0.15) is 17.5 Å². The van der Waals surface area contributed by atoms with Crippen molar-refractivity contribution < 1.29 is 24.2 Å². The lowest BCUT2D eigenvalue weighted by atomic mass is 9.47. The van der Waals surface area contributed by atoms with Gasteiger partial charge in [-0.1, -0.05) is 42.8 Å². The first-order valence-corrected chi connectivity index (χ1v) is 14.3. The third-order valence-electron chi connectivity index (χ3n) is 9.84. The van der Waals surface area contributed by atoms with Crippen LogP contribution >= 0.6 is 11.6 Å². The van der Waals surface area contributed by atoms with Gasteiger partial charge in [-0.15, -0.1) is 0 Å². The van der Waals surface area contributed by atoms with Gasteiger partial charge in [0.05, 0.1) is 19.7 Å². The molecule has 2 N–H and O–H groups in total. The third-order valence-corrected chi connectivity index (χ3v) is 10.1. The number of hydrogen-bond acceptors (Lipinski definition) is 7. The summed E-state index contributed by atoms with van der Waals surface area (Å²) in [5.74, 6) is -0.0882. The Hall–Kier alpha value is -3.07. The van der Waals surface area contributed by atoms with E-state index >= 15 is 0 Å². The van der Waals surface area contributed by atoms with E-state index in [4.69, 9.17) is 21.1 Å². The van der Waals surface area contributed by atoms with Crippen LogP contribution in [0.2, 0.25) is 5.02 Å². The van der Waals surface area contributed by atoms with Crippen molar-refractivity contribution in [2.45, 2.75) is 55.9 Å². The number of halogens is 1. The van der Waals surface area contributed by atoms with Crippen molar-refractivity contribution >= 4 is 29.2 Å². The predicted octanol–water partition coefficient (Wildman–Crippen LogP) is 3.55. The monoisotopic (exact) mass is 565 g/mol. The number of methoxy groups -OCH3 is 1. The van der Waals surface area contributed by atoms with Crippen molar-refractivity contribution in [1.29, 1.82) is 0 Å². The molecule has 0 radical (unpaired) electrons. The van der Waals surface area contributed by atoms with Gasteiger partial charge in [0, 0.05) is 59.7 Å². The summed E-state index contributed by atoms with van der Waals surface area (Å²) in [7, 11) is 3.62. The quantitative estimate of drug-likeness (QED) is 0.409. The fourth-order valence-electron chi connectivity index (χ4n) is 8.60. The van der Waals surface area contributed by atoms with Crippen LogP contribution in [0.25, 0.3) is 0 Å². The van der Waals surface area contributed by atoms with Crippen LogP contribution in [0.1, 0.15) is 42.6 Å². The average molecular weight is 566 g/mol. The van der Waals surface area contributed by atoms with Gasteiger partial charge < -0.3 is 24.8 Å². The number of anilines is 1. The molecule has 2 fully saturated rings. The van der Waals surface area contributed by atoms with Gasteiger partial charge in [0.25, 0.3) is 5.91 Å². The highest BCUT2D eigenvalue weighted by Crippen LogP contribution is 2.67. The minimum absolute atomic E-state index is 0.00893. The highest BCUT2D eigenvalue weighted by Gasteiger charge is 2.77. The molecule has 2 aromatic rings. The normalized spacial score (nSPS) is 33.6. The summed E-state index contributed by atoms with van der Waals surface area (Å²) in [6.45, 7) is 5.01. The van der Waals surface area contributed by atoms with Gasteiger partial charge in [-0.05, 0) is 49.2 Å². The summed E-state index contributed by atoms with van der Waals surface area (Å²) in [5.41, 5.74) is -0.245. The van der Waals surface area contributed by atoms with E-state index in [-0.39, 0.29) is 18.5 Å². The van der Waals surface area contributed by atoms with Crippen LogP contribution in [0.15, 0.2) is 54.6 Å². The number of rotatable bonds is 6. The number of carbonyl (C=O) groups is 2. The molecule has 1 spiro atoms. The van der Waals surface area contributed by atoms with Crippen molar-refractivity contribution in [3.8, 4) is 5.75 Å². The molecule has 1 unspecified atom stereocenters. The first-order chi connectivity index (χ1) is 19.1. The Kier molecular flexibility index (Phi) is 6.44. The van der Waals surface area contributed by atoms with E-state index in [1.54, 1.807) is 31.4 Å². The smallest absolute Gasteiger partial charge is 0.303 e. The van der Waals surface area contributed by atoms with E-state index in [2.05, 4.69) is 40.3 Å². The van der Waals surface area contributed by atoms with Gasteiger partial charge in [-0.3, -0.25) is 14.5 Å². The number of fused-ring (bicyclic) bond motifs is 1. The molecule has 212 valence electrons. The molecule has 6 atom stereocenters. The molecule has 3 heterocycles. The van der Waals surface area contributed by atoms with E-state index in [0.29, 0.717) is 17.0 Å². The molecule has 40 heavy (non-hydrogen) atoms. The Morgan fingerprint density at radius 3 is 2.70 bits per heavy atom. The molecule has 0 bridgehead atoms. The molecule has 0 aromatic heterocycles. The van der Waals surface area contributed by atoms with Gasteiger partial charge in [-0.25, -0.2) is 0 Å². The summed E-state index contributed by atoms with van der Waals surface area (Å²) >= 11 is 6.15. The van der Waals surface area contributed by atoms with E-state index in [9.17, 15) is 14.7 Å². The van der Waals surface area contributed by atoms with Crippen LogP contribution in [0.5, 0.6) is 5.75 Å². The summed E-state index contributed by atoms with van der Waals surface area (Å²) in [5, 5.41) is 16.5. The minimum Gasteiger partial charge on any atom is -0.497 e. The van der Waals surface area contributed by atoms with Gasteiger partial charge in [0.15, 0.2) is 0 Å². The Labute approximate surface area is 239 Å². The number of nitrogens with one attached hydrogen (secondary N) is 1. The minimum atomic E-state index is -1.63. The molecule has 4 aliphatic rings. The lowest BCUT2D eigenvalue weighted by Crippen LogP contribution is -2.81. The van der Waals surface area contributed by atoms with E-state index < -0.39 is 34.5 Å². The lowest BCUT2D eigenvalue weighted by Gasteiger charge is -2.64. The molecular formula is C31H36ClN3O5. The number of amides is 1. The number of ether oxygens (including phenoxy) is 2. The second-order valence-corrected chi connectivity index (χ2v) is 12.1. The zero-order valence-electron chi connectivity index (χ0n) is 23.3. The van der Waals surface area contributed by atoms with Crippen LogP contribution in [-0.2, 0) is 14.9 Å². The summed E-state index contributed by atoms with van der Waals surface area (Å²) in [6, 6.07) is 12.3. The second kappa shape index (κ2) is 9.50. The number of benzene rings is 2. The Morgan fingerprint density at radius 2 is 2.00 bits per heavy atom. The number of nitrogens with zero attached hydrogens (tertiary/aromatic N) is 2. The number of aliphatic hydroxyl groups is 1. The fourth-order valence-corrected chi connectivity index (χ4v) is 8.79. The molecule has 3 aliphatic heterocycles. The highest BCUT2D eigenvalue weighted by molar-refractivity contribution is 6.30. The van der Waals surface area contributed by atoms with E-state index in [1.807, 2.05) is 19.2 Å². The standard InChI is InChI=1S/C31H36ClN3O5/c1-5-29-12-7-14-35-15-13-30(26(29)35)23-11-10-22(39-4)17-24(23)34(3)27(30)31(38,28(29)40-19(2)36)18-33-25(37)20-8-6-9-21(32)16-20/h6-12,16-17,26-28,38H,5,13-15,18H2,1-4H3,(H,33,37)/t26?,27-,28-,29-,30-,31+/m1/s1. The first kappa shape index (κ1) is 27.1. The first-order valence-electron chi connectivity index (χ1n) is 13.9. The third kappa shape index (κ3) is 3.58. The SMILES string of the molecule is CC[C@]12C=CCN3CC[C@@]4(c5ccc(OC)cc5N(C)[C@H]4[C@@](O)(CNC(=O)c4cccc(Cl)c4)[C@@H]1OC(C)=O)C32. The summed E-state index contributed by atoms with van der Waals surface area (Å²) in [6.07, 6.45) is 4.87. The molecular weight excluding hydrogens is 530 g/mol. The maximum Gasteiger partial charge on any atom is 0.303 e. The van der Waals surface area contributed by atoms with Crippen molar-refractivity contribution in [2.75, 3.05) is 38.7 Å². The predicted molar refractivity (Wildman–Crippen MR) is 153 cm³/mol.